The average molecular weight is 903 g/mol. The number of carbonyl (C=O) groups excluding carboxylic acids is 5. The molecule has 0 saturated carbocycles. The van der Waals surface area contributed by atoms with Gasteiger partial charge in [0.05, 0.1) is 6.10 Å². The fourth-order valence-corrected chi connectivity index (χ4v) is 4.03. The van der Waals surface area contributed by atoms with Crippen molar-refractivity contribution in [3.63, 3.8) is 0 Å². The van der Waals surface area contributed by atoms with Gasteiger partial charge in [-0.05, 0) is 43.3 Å². The Morgan fingerprint density at radius 1 is 0.750 bits per heavy atom. The monoisotopic (exact) mass is 902 g/mol. The van der Waals surface area contributed by atoms with Gasteiger partial charge < -0.3 is 37.0 Å². The van der Waals surface area contributed by atoms with Crippen LogP contribution in [-0.4, -0.2) is 76.3 Å². The summed E-state index contributed by atoms with van der Waals surface area (Å²) >= 11 is 0. The molecule has 52 heavy (non-hydrogen) atoms. The van der Waals surface area contributed by atoms with Crippen LogP contribution in [0.4, 0.5) is 0 Å². The SMILES string of the molecule is C=C/C=C\C=C(/CC)C(=O)CC(NC(=O)CCC)C(=O)NC(O)CC(O)/C(=C/C=C\C=C)CNC(=O)CCC.CCCC(N)=O.CCCCCO.[W]. The van der Waals surface area contributed by atoms with Crippen molar-refractivity contribution in [1.82, 2.24) is 16.0 Å². The van der Waals surface area contributed by atoms with Crippen LogP contribution < -0.4 is 21.7 Å². The summed E-state index contributed by atoms with van der Waals surface area (Å²) in [4.78, 5) is 59.8. The van der Waals surface area contributed by atoms with E-state index >= 15 is 0 Å². The zero-order valence-electron chi connectivity index (χ0n) is 32.0. The van der Waals surface area contributed by atoms with Crippen molar-refractivity contribution in [2.24, 2.45) is 5.73 Å². The van der Waals surface area contributed by atoms with E-state index in [1.54, 1.807) is 55.5 Å². The number of hydrogen-bond donors (Lipinski definition) is 7. The van der Waals surface area contributed by atoms with Gasteiger partial charge >= 0.3 is 0 Å². The molecule has 0 fully saturated rings. The van der Waals surface area contributed by atoms with Crippen molar-refractivity contribution in [2.45, 2.75) is 130 Å². The predicted molar refractivity (Wildman–Crippen MR) is 205 cm³/mol. The number of Topliss-reactive ketones (excluding diaryl/α,β-unsaturated/α-hetero) is 1. The molecule has 0 radical (unpaired) electrons. The molecule has 0 aliphatic heterocycles. The Hall–Kier alpha value is -3.44. The maximum absolute atomic E-state index is 13.0. The van der Waals surface area contributed by atoms with E-state index in [1.807, 2.05) is 20.8 Å². The molecule has 0 spiro atoms. The van der Waals surface area contributed by atoms with E-state index < -0.39 is 30.2 Å². The fourth-order valence-electron chi connectivity index (χ4n) is 4.03. The van der Waals surface area contributed by atoms with Crippen molar-refractivity contribution in [1.29, 1.82) is 0 Å². The molecule has 12 nitrogen and oxygen atoms in total. The first kappa shape index (κ1) is 55.3. The summed E-state index contributed by atoms with van der Waals surface area (Å²) in [5.41, 5.74) is 5.65. The van der Waals surface area contributed by atoms with Gasteiger partial charge in [-0.25, -0.2) is 0 Å². The number of nitrogens with one attached hydrogen (secondary N) is 3. The first-order chi connectivity index (χ1) is 24.3. The van der Waals surface area contributed by atoms with Crippen molar-refractivity contribution in [2.75, 3.05) is 13.2 Å². The van der Waals surface area contributed by atoms with Crippen LogP contribution in [0, 0.1) is 0 Å². The topological polar surface area (TPSA) is 208 Å². The third-order valence-electron chi connectivity index (χ3n) is 6.77. The smallest absolute Gasteiger partial charge is 0.245 e. The molecule has 3 unspecified atom stereocenters. The molecule has 0 aliphatic carbocycles. The van der Waals surface area contributed by atoms with Gasteiger partial charge in [0.2, 0.25) is 23.6 Å². The number of carbonyl (C=O) groups is 5. The number of rotatable bonds is 25. The van der Waals surface area contributed by atoms with Gasteiger partial charge in [-0.3, -0.25) is 24.0 Å². The second-order valence-electron chi connectivity index (χ2n) is 11.5. The van der Waals surface area contributed by atoms with Crippen molar-refractivity contribution >= 4 is 29.4 Å². The van der Waals surface area contributed by atoms with Crippen molar-refractivity contribution < 1.29 is 60.4 Å². The standard InChI is InChI=1S/C30H45N3O6.C5H12O.C4H9NO.W/c1-6-11-13-17-22(10-5)25(34)19-24(32-28(37)16-9-4)30(39)33-29(38)20-26(35)23(18-14-12-7-2)21-31-27(36)15-8-3;1-2-3-4-5-6;1-2-3-4(5)6;/h6-7,11-14,17-18,24,26,29,35,38H,1-2,8-10,15-16,19-21H2,3-5H3,(H,31,36)(H,32,37)(H,33,39);6H,2-5H2,1H3;2-3H2,1H3,(H2,5,6);/b13-11-,14-12-,22-17+,23-18+;;;. The summed E-state index contributed by atoms with van der Waals surface area (Å²) in [7, 11) is 0. The Balaban J connectivity index is -0.000000754. The zero-order chi connectivity index (χ0) is 39.5. The third kappa shape index (κ3) is 33.7. The summed E-state index contributed by atoms with van der Waals surface area (Å²) in [6.45, 7) is 17.1. The molecule has 0 rings (SSSR count). The molecule has 0 aromatic heterocycles. The second kappa shape index (κ2) is 38.8. The predicted octanol–water partition coefficient (Wildman–Crippen LogP) is 4.52. The minimum atomic E-state index is -1.48. The van der Waals surface area contributed by atoms with Crippen molar-refractivity contribution in [3.8, 4) is 0 Å². The van der Waals surface area contributed by atoms with Gasteiger partial charge in [0.1, 0.15) is 12.3 Å². The molecular weight excluding hydrogens is 836 g/mol. The van der Waals surface area contributed by atoms with Crippen LogP contribution in [0.25, 0.3) is 0 Å². The molecular formula is C39H66N4O8W. The van der Waals surface area contributed by atoms with Crippen LogP contribution in [0.2, 0.25) is 0 Å². The van der Waals surface area contributed by atoms with E-state index in [0.29, 0.717) is 49.9 Å². The average Bonchev–Trinajstić information content (AvgIpc) is 3.07. The number of unbranched alkanes of at least 4 members (excludes halogenated alkanes) is 2. The first-order valence-electron chi connectivity index (χ1n) is 17.9. The van der Waals surface area contributed by atoms with Crippen LogP contribution in [0.3, 0.4) is 0 Å². The van der Waals surface area contributed by atoms with Gasteiger partial charge in [0.15, 0.2) is 5.78 Å². The zero-order valence-corrected chi connectivity index (χ0v) is 35.0. The number of allylic oxidation sites excluding steroid dienone is 9. The Morgan fingerprint density at radius 2 is 1.31 bits per heavy atom. The van der Waals surface area contributed by atoms with Crippen LogP contribution in [0.1, 0.15) is 112 Å². The van der Waals surface area contributed by atoms with Crippen LogP contribution in [-0.2, 0) is 45.0 Å². The minimum Gasteiger partial charge on any atom is -0.396 e. The largest absolute Gasteiger partial charge is 0.396 e. The van der Waals surface area contributed by atoms with Gasteiger partial charge in [0, 0.05) is 66.3 Å². The minimum absolute atomic E-state index is 0. The van der Waals surface area contributed by atoms with E-state index in [1.165, 1.54) is 6.42 Å². The van der Waals surface area contributed by atoms with E-state index in [-0.39, 0.29) is 64.5 Å². The third-order valence-corrected chi connectivity index (χ3v) is 6.77. The molecule has 0 aromatic carbocycles. The van der Waals surface area contributed by atoms with Gasteiger partial charge in [-0.15, -0.1) is 0 Å². The Labute approximate surface area is 326 Å². The summed E-state index contributed by atoms with van der Waals surface area (Å²) in [5, 5.41) is 37.1. The number of aliphatic hydroxyl groups is 3. The molecule has 0 aliphatic rings. The molecule has 8 N–H and O–H groups in total. The summed E-state index contributed by atoms with van der Waals surface area (Å²) in [6, 6.07) is -1.21. The normalized spacial score (nSPS) is 12.8. The number of aliphatic hydroxyl groups excluding tert-OH is 3. The van der Waals surface area contributed by atoms with Crippen molar-refractivity contribution in [3.05, 3.63) is 72.9 Å². The number of hydrogen-bond acceptors (Lipinski definition) is 8. The molecule has 0 saturated heterocycles. The van der Waals surface area contributed by atoms with E-state index in [0.717, 1.165) is 19.3 Å². The number of primary amides is 1. The number of nitrogens with two attached hydrogens (primary N) is 1. The second-order valence-corrected chi connectivity index (χ2v) is 11.5. The summed E-state index contributed by atoms with van der Waals surface area (Å²) < 4.78 is 0. The Bertz CT molecular complexity index is 1150. The number of amides is 4. The fraction of sp³-hybridized carbons (Fsp3) is 0.564. The maximum Gasteiger partial charge on any atom is 0.245 e. The molecule has 296 valence electrons. The first-order valence-corrected chi connectivity index (χ1v) is 17.9. The van der Waals surface area contributed by atoms with E-state index in [9.17, 15) is 34.2 Å². The quantitative estimate of drug-likeness (QED) is 0.0300. The molecule has 4 amide bonds. The van der Waals surface area contributed by atoms with Crippen LogP contribution in [0.15, 0.2) is 72.9 Å². The Morgan fingerprint density at radius 3 is 1.75 bits per heavy atom. The number of ketones is 1. The summed E-state index contributed by atoms with van der Waals surface area (Å²) in [6.07, 6.45) is 16.6. The van der Waals surface area contributed by atoms with Gasteiger partial charge in [0.25, 0.3) is 0 Å². The molecule has 13 heteroatoms. The molecule has 3 atom stereocenters. The Kier molecular flexibility index (Phi) is 41.3. The van der Waals surface area contributed by atoms with E-state index in [2.05, 4.69) is 36.0 Å². The molecule has 0 aromatic rings. The molecule has 0 bridgehead atoms. The van der Waals surface area contributed by atoms with Crippen LogP contribution in [0.5, 0.6) is 0 Å². The maximum atomic E-state index is 13.0. The van der Waals surface area contributed by atoms with Gasteiger partial charge in [-0.2, -0.15) is 0 Å². The van der Waals surface area contributed by atoms with E-state index in [4.69, 9.17) is 10.8 Å². The molecule has 0 heterocycles. The van der Waals surface area contributed by atoms with Crippen LogP contribution >= 0.6 is 0 Å². The van der Waals surface area contributed by atoms with Gasteiger partial charge in [-0.1, -0.05) is 109 Å². The summed E-state index contributed by atoms with van der Waals surface area (Å²) in [5.74, 6) is -1.85.